The highest BCUT2D eigenvalue weighted by Gasteiger charge is 2.16. The number of aliphatic hydroxyl groups excluding tert-OH is 1. The summed E-state index contributed by atoms with van der Waals surface area (Å²) in [6.45, 7) is 0.486. The van der Waals surface area contributed by atoms with E-state index in [1.165, 1.54) is 25.0 Å². The average Bonchev–Trinajstić information content (AvgIpc) is 2.97. The minimum absolute atomic E-state index is 0.171. The van der Waals surface area contributed by atoms with Gasteiger partial charge in [-0.2, -0.15) is 0 Å². The quantitative estimate of drug-likeness (QED) is 0.747. The van der Waals surface area contributed by atoms with Crippen LogP contribution >= 0.6 is 0 Å². The molecule has 0 radical (unpaired) electrons. The van der Waals surface area contributed by atoms with E-state index in [0.29, 0.717) is 12.2 Å². The standard InChI is InChI=1S/C14H21NO4S/c16-11-12-4-3-7-14(10-12)20(17,18)15-8-9-19-13-5-1-2-6-13/h3-4,7,10,13,15-16H,1-2,5-6,8-9,11H2. The van der Waals surface area contributed by atoms with Crippen LogP contribution in [0, 0.1) is 0 Å². The topological polar surface area (TPSA) is 75.6 Å². The maximum absolute atomic E-state index is 12.0. The molecule has 0 bridgehead atoms. The maximum Gasteiger partial charge on any atom is 0.240 e. The van der Waals surface area contributed by atoms with Gasteiger partial charge in [-0.05, 0) is 30.5 Å². The first-order valence-electron chi connectivity index (χ1n) is 6.93. The molecule has 1 saturated carbocycles. The van der Waals surface area contributed by atoms with Crippen LogP contribution in [0.4, 0.5) is 0 Å². The molecule has 0 aromatic heterocycles. The second-order valence-electron chi connectivity index (χ2n) is 4.98. The molecular formula is C14H21NO4S. The van der Waals surface area contributed by atoms with E-state index in [4.69, 9.17) is 9.84 Å². The first-order valence-corrected chi connectivity index (χ1v) is 8.41. The molecule has 2 N–H and O–H groups in total. The second-order valence-corrected chi connectivity index (χ2v) is 6.75. The van der Waals surface area contributed by atoms with Crippen molar-refractivity contribution >= 4 is 10.0 Å². The predicted molar refractivity (Wildman–Crippen MR) is 75.8 cm³/mol. The summed E-state index contributed by atoms with van der Waals surface area (Å²) in [5.74, 6) is 0. The lowest BCUT2D eigenvalue weighted by Gasteiger charge is -2.12. The number of rotatable bonds is 7. The molecular weight excluding hydrogens is 278 g/mol. The number of benzene rings is 1. The zero-order valence-corrected chi connectivity index (χ0v) is 12.2. The van der Waals surface area contributed by atoms with Crippen molar-refractivity contribution in [1.82, 2.24) is 4.72 Å². The molecule has 0 unspecified atom stereocenters. The maximum atomic E-state index is 12.0. The summed E-state index contributed by atoms with van der Waals surface area (Å²) < 4.78 is 32.2. The number of aliphatic hydroxyl groups is 1. The van der Waals surface area contributed by atoms with Crippen LogP contribution in [0.25, 0.3) is 0 Å². The summed E-state index contributed by atoms with van der Waals surface area (Å²) in [6, 6.07) is 6.29. The minimum Gasteiger partial charge on any atom is -0.392 e. The fraction of sp³-hybridized carbons (Fsp3) is 0.571. The predicted octanol–water partition coefficient (Wildman–Crippen LogP) is 1.42. The van der Waals surface area contributed by atoms with Crippen LogP contribution in [0.3, 0.4) is 0 Å². The van der Waals surface area contributed by atoms with Crippen LogP contribution in [0.15, 0.2) is 29.2 Å². The van der Waals surface area contributed by atoms with Gasteiger partial charge in [-0.3, -0.25) is 0 Å². The highest BCUT2D eigenvalue weighted by atomic mass is 32.2. The van der Waals surface area contributed by atoms with E-state index < -0.39 is 10.0 Å². The molecule has 1 aliphatic rings. The highest BCUT2D eigenvalue weighted by molar-refractivity contribution is 7.89. The third kappa shape index (κ3) is 4.28. The molecule has 1 fully saturated rings. The Morgan fingerprint density at radius 3 is 2.75 bits per heavy atom. The molecule has 1 aromatic rings. The van der Waals surface area contributed by atoms with Crippen LogP contribution < -0.4 is 4.72 Å². The molecule has 1 aliphatic carbocycles. The number of hydrogen-bond acceptors (Lipinski definition) is 4. The summed E-state index contributed by atoms with van der Waals surface area (Å²) >= 11 is 0. The third-order valence-corrected chi connectivity index (χ3v) is 4.90. The summed E-state index contributed by atoms with van der Waals surface area (Å²) in [7, 11) is -3.53. The van der Waals surface area contributed by atoms with Gasteiger partial charge in [0.05, 0.1) is 24.2 Å². The summed E-state index contributed by atoms with van der Waals surface area (Å²) in [6.07, 6.45) is 4.84. The Hall–Kier alpha value is -0.950. The van der Waals surface area contributed by atoms with E-state index >= 15 is 0 Å². The van der Waals surface area contributed by atoms with Gasteiger partial charge in [0, 0.05) is 6.54 Å². The molecule has 6 heteroatoms. The van der Waals surface area contributed by atoms with E-state index in [-0.39, 0.29) is 24.2 Å². The molecule has 5 nitrogen and oxygen atoms in total. The molecule has 20 heavy (non-hydrogen) atoms. The Morgan fingerprint density at radius 2 is 2.05 bits per heavy atom. The van der Waals surface area contributed by atoms with Crippen molar-refractivity contribution in [2.45, 2.75) is 43.3 Å². The Balaban J connectivity index is 1.83. The monoisotopic (exact) mass is 299 g/mol. The minimum atomic E-state index is -3.53. The smallest absolute Gasteiger partial charge is 0.240 e. The number of nitrogens with one attached hydrogen (secondary N) is 1. The molecule has 1 aromatic carbocycles. The summed E-state index contributed by atoms with van der Waals surface area (Å²) in [5.41, 5.74) is 0.579. The third-order valence-electron chi connectivity index (χ3n) is 3.44. The van der Waals surface area contributed by atoms with Crippen LogP contribution in [0.2, 0.25) is 0 Å². The van der Waals surface area contributed by atoms with Gasteiger partial charge in [0.2, 0.25) is 10.0 Å². The Labute approximate surface area is 120 Å². The van der Waals surface area contributed by atoms with E-state index in [2.05, 4.69) is 4.72 Å². The fourth-order valence-corrected chi connectivity index (χ4v) is 3.43. The van der Waals surface area contributed by atoms with Gasteiger partial charge in [0.1, 0.15) is 0 Å². The summed E-state index contributed by atoms with van der Waals surface area (Å²) in [4.78, 5) is 0.171. The lowest BCUT2D eigenvalue weighted by molar-refractivity contribution is 0.0626. The second kappa shape index (κ2) is 7.17. The molecule has 0 heterocycles. The van der Waals surface area contributed by atoms with Crippen molar-refractivity contribution in [3.63, 3.8) is 0 Å². The van der Waals surface area contributed by atoms with Crippen molar-refractivity contribution in [3.05, 3.63) is 29.8 Å². The van der Waals surface area contributed by atoms with E-state index in [9.17, 15) is 8.42 Å². The van der Waals surface area contributed by atoms with Crippen LogP contribution in [-0.4, -0.2) is 32.8 Å². The molecule has 0 saturated heterocycles. The molecule has 0 spiro atoms. The van der Waals surface area contributed by atoms with Crippen molar-refractivity contribution in [2.75, 3.05) is 13.2 Å². The Kier molecular flexibility index (Phi) is 5.54. The van der Waals surface area contributed by atoms with Gasteiger partial charge in [-0.1, -0.05) is 25.0 Å². The highest BCUT2D eigenvalue weighted by Crippen LogP contribution is 2.20. The van der Waals surface area contributed by atoms with Gasteiger partial charge < -0.3 is 9.84 Å². The molecule has 0 atom stereocenters. The van der Waals surface area contributed by atoms with Gasteiger partial charge in [0.25, 0.3) is 0 Å². The number of ether oxygens (including phenoxy) is 1. The van der Waals surface area contributed by atoms with Crippen LogP contribution in [0.5, 0.6) is 0 Å². The largest absolute Gasteiger partial charge is 0.392 e. The fourth-order valence-electron chi connectivity index (χ4n) is 2.35. The lowest BCUT2D eigenvalue weighted by Crippen LogP contribution is -2.28. The van der Waals surface area contributed by atoms with E-state index in [0.717, 1.165) is 12.8 Å². The molecule has 112 valence electrons. The number of sulfonamides is 1. The molecule has 0 amide bonds. The molecule has 2 rings (SSSR count). The number of hydrogen-bond donors (Lipinski definition) is 2. The first kappa shape index (κ1) is 15.4. The first-order chi connectivity index (χ1) is 9.62. The SMILES string of the molecule is O=S(=O)(NCCOC1CCCC1)c1cccc(CO)c1. The van der Waals surface area contributed by atoms with E-state index in [1.807, 2.05) is 0 Å². The lowest BCUT2D eigenvalue weighted by atomic mass is 10.2. The van der Waals surface area contributed by atoms with Gasteiger partial charge >= 0.3 is 0 Å². The van der Waals surface area contributed by atoms with E-state index in [1.54, 1.807) is 12.1 Å². The Bertz CT molecular complexity index is 524. The van der Waals surface area contributed by atoms with Crippen molar-refractivity contribution in [2.24, 2.45) is 0 Å². The summed E-state index contributed by atoms with van der Waals surface area (Å²) in [5, 5.41) is 9.03. The van der Waals surface area contributed by atoms with Crippen molar-refractivity contribution < 1.29 is 18.3 Å². The molecule has 0 aliphatic heterocycles. The van der Waals surface area contributed by atoms with Gasteiger partial charge in [-0.25, -0.2) is 13.1 Å². The van der Waals surface area contributed by atoms with Gasteiger partial charge in [0.15, 0.2) is 0 Å². The average molecular weight is 299 g/mol. The Morgan fingerprint density at radius 1 is 1.30 bits per heavy atom. The normalized spacial score (nSPS) is 16.6. The van der Waals surface area contributed by atoms with Crippen LogP contribution in [-0.2, 0) is 21.4 Å². The van der Waals surface area contributed by atoms with Crippen molar-refractivity contribution in [1.29, 1.82) is 0 Å². The van der Waals surface area contributed by atoms with Crippen molar-refractivity contribution in [3.8, 4) is 0 Å². The zero-order valence-electron chi connectivity index (χ0n) is 11.4. The zero-order chi connectivity index (χ0) is 14.4. The van der Waals surface area contributed by atoms with Gasteiger partial charge in [-0.15, -0.1) is 0 Å². The van der Waals surface area contributed by atoms with Crippen LogP contribution in [0.1, 0.15) is 31.2 Å².